The summed E-state index contributed by atoms with van der Waals surface area (Å²) in [4.78, 5) is 6.35. The van der Waals surface area contributed by atoms with Gasteiger partial charge in [0.05, 0.1) is 26.9 Å². The van der Waals surface area contributed by atoms with Gasteiger partial charge in [-0.1, -0.05) is 6.07 Å². The highest BCUT2D eigenvalue weighted by Crippen LogP contribution is 2.29. The molecular weight excluding hydrogens is 465 g/mol. The summed E-state index contributed by atoms with van der Waals surface area (Å²) in [6.07, 6.45) is 3.70. The Kier molecular flexibility index (Phi) is 8.45. The van der Waals surface area contributed by atoms with E-state index in [4.69, 9.17) is 18.9 Å². The van der Waals surface area contributed by atoms with Crippen molar-refractivity contribution in [2.45, 2.75) is 32.5 Å². The molecule has 8 nitrogen and oxygen atoms in total. The number of halogens is 1. The Morgan fingerprint density at radius 3 is 2.75 bits per heavy atom. The van der Waals surface area contributed by atoms with Crippen LogP contribution in [0.3, 0.4) is 0 Å². The zero-order valence-electron chi connectivity index (χ0n) is 21.1. The maximum Gasteiger partial charge on any atom is 0.161 e. The number of β-amino-alcohol motifs (C(OH)–C–C–N with tert-alkyl or cyclic N) is 1. The van der Waals surface area contributed by atoms with E-state index in [2.05, 4.69) is 9.88 Å². The largest absolute Gasteiger partial charge is 0.493 e. The summed E-state index contributed by atoms with van der Waals surface area (Å²) < 4.78 is 38.6. The molecule has 1 aromatic heterocycles. The SMILES string of the molecule is COc1cc(CN2CCOC[C@@](O)(COc3ccc(F)c(C)c3)C2)ccc1OCCn1ccnc1C. The van der Waals surface area contributed by atoms with Crippen molar-refractivity contribution in [1.82, 2.24) is 14.5 Å². The summed E-state index contributed by atoms with van der Waals surface area (Å²) in [5.41, 5.74) is 0.331. The molecule has 3 aromatic rings. The van der Waals surface area contributed by atoms with Crippen molar-refractivity contribution in [3.63, 3.8) is 0 Å². The Bertz CT molecular complexity index is 1150. The normalized spacial score (nSPS) is 18.6. The van der Waals surface area contributed by atoms with Crippen LogP contribution in [0.5, 0.6) is 17.2 Å². The molecule has 9 heteroatoms. The molecule has 2 heterocycles. The molecule has 4 rings (SSSR count). The molecule has 0 radical (unpaired) electrons. The summed E-state index contributed by atoms with van der Waals surface area (Å²) >= 11 is 0. The van der Waals surface area contributed by atoms with Crippen LogP contribution in [0.2, 0.25) is 0 Å². The molecule has 36 heavy (non-hydrogen) atoms. The van der Waals surface area contributed by atoms with Crippen LogP contribution in [0.15, 0.2) is 48.8 Å². The van der Waals surface area contributed by atoms with Gasteiger partial charge in [0, 0.05) is 32.0 Å². The number of ether oxygens (including phenoxy) is 4. The molecule has 0 aliphatic carbocycles. The Morgan fingerprint density at radius 2 is 2.00 bits per heavy atom. The number of imidazole rings is 1. The van der Waals surface area contributed by atoms with E-state index >= 15 is 0 Å². The predicted octanol–water partition coefficient (Wildman–Crippen LogP) is 3.37. The molecule has 1 aliphatic heterocycles. The van der Waals surface area contributed by atoms with E-state index in [1.807, 2.05) is 35.9 Å². The summed E-state index contributed by atoms with van der Waals surface area (Å²) in [6.45, 7) is 7.19. The topological polar surface area (TPSA) is 78.2 Å². The standard InChI is InChI=1S/C27H34FN3O5/c1-20-14-23(5-6-24(20)28)36-19-27(32)17-30(10-12-34-18-27)16-22-4-7-25(26(15-22)33-3)35-13-11-31-9-8-29-21(31)2/h4-9,14-15,32H,10-13,16-19H2,1-3H3/t27-/m1/s1. The molecule has 0 bridgehead atoms. The molecule has 1 fully saturated rings. The fourth-order valence-corrected chi connectivity index (χ4v) is 4.23. The van der Waals surface area contributed by atoms with Crippen LogP contribution >= 0.6 is 0 Å². The summed E-state index contributed by atoms with van der Waals surface area (Å²) in [5, 5.41) is 11.2. The van der Waals surface area contributed by atoms with Crippen molar-refractivity contribution in [1.29, 1.82) is 0 Å². The fraction of sp³-hybridized carbons (Fsp3) is 0.444. The molecular formula is C27H34FN3O5. The van der Waals surface area contributed by atoms with Gasteiger partial charge in [0.15, 0.2) is 11.5 Å². The summed E-state index contributed by atoms with van der Waals surface area (Å²) in [7, 11) is 1.62. The van der Waals surface area contributed by atoms with Gasteiger partial charge in [-0.2, -0.15) is 0 Å². The number of hydrogen-bond donors (Lipinski definition) is 1. The average molecular weight is 500 g/mol. The third-order valence-corrected chi connectivity index (χ3v) is 6.23. The van der Waals surface area contributed by atoms with Gasteiger partial charge in [0.25, 0.3) is 0 Å². The number of nitrogens with zero attached hydrogens (tertiary/aromatic N) is 3. The van der Waals surface area contributed by atoms with E-state index < -0.39 is 5.60 Å². The number of aliphatic hydroxyl groups is 1. The number of aryl methyl sites for hydroxylation is 2. The lowest BCUT2D eigenvalue weighted by Gasteiger charge is -2.30. The minimum atomic E-state index is -1.20. The molecule has 0 saturated carbocycles. The van der Waals surface area contributed by atoms with Crippen molar-refractivity contribution in [3.8, 4) is 17.2 Å². The van der Waals surface area contributed by atoms with E-state index in [1.165, 1.54) is 6.07 Å². The van der Waals surface area contributed by atoms with Gasteiger partial charge >= 0.3 is 0 Å². The highest BCUT2D eigenvalue weighted by atomic mass is 19.1. The minimum absolute atomic E-state index is 0.0427. The number of methoxy groups -OCH3 is 1. The maximum atomic E-state index is 13.5. The van der Waals surface area contributed by atoms with Crippen LogP contribution in [0.1, 0.15) is 17.0 Å². The third kappa shape index (κ3) is 6.75. The summed E-state index contributed by atoms with van der Waals surface area (Å²) in [5.74, 6) is 2.51. The quantitative estimate of drug-likeness (QED) is 0.458. The first kappa shape index (κ1) is 25.9. The van der Waals surface area contributed by atoms with Crippen molar-refractivity contribution >= 4 is 0 Å². The number of hydrogen-bond acceptors (Lipinski definition) is 7. The lowest BCUT2D eigenvalue weighted by molar-refractivity contribution is -0.0646. The van der Waals surface area contributed by atoms with Crippen LogP contribution in [-0.2, 0) is 17.8 Å². The lowest BCUT2D eigenvalue weighted by atomic mass is 10.1. The van der Waals surface area contributed by atoms with Crippen LogP contribution in [0.25, 0.3) is 0 Å². The molecule has 1 N–H and O–H groups in total. The first-order chi connectivity index (χ1) is 17.3. The molecule has 1 atom stereocenters. The summed E-state index contributed by atoms with van der Waals surface area (Å²) in [6, 6.07) is 10.4. The van der Waals surface area contributed by atoms with E-state index in [1.54, 1.807) is 32.4 Å². The van der Waals surface area contributed by atoms with Crippen molar-refractivity contribution in [3.05, 3.63) is 71.6 Å². The first-order valence-corrected chi connectivity index (χ1v) is 12.0. The second-order valence-corrected chi connectivity index (χ2v) is 9.19. The van der Waals surface area contributed by atoms with Gasteiger partial charge in [-0.05, 0) is 55.3 Å². The van der Waals surface area contributed by atoms with Crippen LogP contribution in [0, 0.1) is 19.7 Å². The number of aromatic nitrogens is 2. The molecule has 0 spiro atoms. The maximum absolute atomic E-state index is 13.5. The lowest BCUT2D eigenvalue weighted by Crippen LogP contribution is -2.48. The van der Waals surface area contributed by atoms with Crippen LogP contribution < -0.4 is 14.2 Å². The predicted molar refractivity (Wildman–Crippen MR) is 133 cm³/mol. The van der Waals surface area contributed by atoms with Crippen molar-refractivity contribution < 1.29 is 28.4 Å². The van der Waals surface area contributed by atoms with Gasteiger partial charge in [-0.25, -0.2) is 9.37 Å². The van der Waals surface area contributed by atoms with E-state index in [0.29, 0.717) is 62.2 Å². The zero-order valence-corrected chi connectivity index (χ0v) is 21.1. The highest BCUT2D eigenvalue weighted by Gasteiger charge is 2.33. The Balaban J connectivity index is 1.35. The smallest absolute Gasteiger partial charge is 0.161 e. The second kappa shape index (κ2) is 11.7. The minimum Gasteiger partial charge on any atom is -0.493 e. The molecule has 1 aliphatic rings. The Labute approximate surface area is 211 Å². The Hall–Kier alpha value is -3.14. The molecule has 0 unspecified atom stereocenters. The third-order valence-electron chi connectivity index (χ3n) is 6.23. The van der Waals surface area contributed by atoms with Crippen LogP contribution in [-0.4, -0.2) is 71.8 Å². The molecule has 1 saturated heterocycles. The fourth-order valence-electron chi connectivity index (χ4n) is 4.23. The Morgan fingerprint density at radius 1 is 1.14 bits per heavy atom. The highest BCUT2D eigenvalue weighted by molar-refractivity contribution is 5.43. The molecule has 194 valence electrons. The molecule has 2 aromatic carbocycles. The van der Waals surface area contributed by atoms with E-state index in [-0.39, 0.29) is 19.0 Å². The molecule has 0 amide bonds. The van der Waals surface area contributed by atoms with E-state index in [9.17, 15) is 9.50 Å². The van der Waals surface area contributed by atoms with Gasteiger partial charge in [-0.15, -0.1) is 0 Å². The van der Waals surface area contributed by atoms with E-state index in [0.717, 1.165) is 11.4 Å². The van der Waals surface area contributed by atoms with Gasteiger partial charge < -0.3 is 28.6 Å². The van der Waals surface area contributed by atoms with Gasteiger partial charge in [-0.3, -0.25) is 4.90 Å². The monoisotopic (exact) mass is 499 g/mol. The van der Waals surface area contributed by atoms with Gasteiger partial charge in [0.1, 0.15) is 36.2 Å². The average Bonchev–Trinajstić information content (AvgIpc) is 3.18. The van der Waals surface area contributed by atoms with Crippen molar-refractivity contribution in [2.75, 3.05) is 46.6 Å². The number of rotatable bonds is 10. The van der Waals surface area contributed by atoms with Crippen LogP contribution in [0.4, 0.5) is 4.39 Å². The second-order valence-electron chi connectivity index (χ2n) is 9.19. The van der Waals surface area contributed by atoms with Crippen molar-refractivity contribution in [2.24, 2.45) is 0 Å². The first-order valence-electron chi connectivity index (χ1n) is 12.0. The van der Waals surface area contributed by atoms with Gasteiger partial charge in [0.2, 0.25) is 0 Å². The number of benzene rings is 2. The zero-order chi connectivity index (χ0) is 25.5.